The van der Waals surface area contributed by atoms with Gasteiger partial charge < -0.3 is 11.1 Å². The Bertz CT molecular complexity index is 1380. The lowest BCUT2D eigenvalue weighted by molar-refractivity contribution is -0.130. The van der Waals surface area contributed by atoms with Gasteiger partial charge in [0.15, 0.2) is 0 Å². The maximum Gasteiger partial charge on any atom is 0.407 e. The number of anilines is 1. The third kappa shape index (κ3) is 5.32. The van der Waals surface area contributed by atoms with Crippen LogP contribution in [0.2, 0.25) is 0 Å². The molecule has 2 aromatic rings. The van der Waals surface area contributed by atoms with Crippen molar-refractivity contribution in [2.45, 2.75) is 25.6 Å². The Kier molecular flexibility index (Phi) is 6.71. The number of nitriles is 1. The fraction of sp³-hybridized carbons (Fsp3) is 0.350. The second kappa shape index (κ2) is 9.10. The van der Waals surface area contributed by atoms with Gasteiger partial charge in [0, 0.05) is 13.2 Å². The molecule has 1 amide bonds. The summed E-state index contributed by atoms with van der Waals surface area (Å²) in [7, 11) is -2.70. The van der Waals surface area contributed by atoms with Crippen molar-refractivity contribution in [3.63, 3.8) is 0 Å². The average Bonchev–Trinajstić information content (AvgIpc) is 2.76. The number of hydrogen-bond donors (Lipinski definition) is 2. The molecule has 0 bridgehead atoms. The minimum absolute atomic E-state index is 0.00147. The number of amides is 1. The number of aryl methyl sites for hydroxylation is 1. The zero-order chi connectivity index (χ0) is 26.2. The van der Waals surface area contributed by atoms with Crippen LogP contribution in [-0.4, -0.2) is 55.9 Å². The zero-order valence-electron chi connectivity index (χ0n) is 18.7. The summed E-state index contributed by atoms with van der Waals surface area (Å²) in [6, 6.07) is 5.49. The molecule has 186 valence electrons. The summed E-state index contributed by atoms with van der Waals surface area (Å²) in [5.74, 6) is -3.09. The molecule has 10 nitrogen and oxygen atoms in total. The number of hydrogen-bond acceptors (Lipinski definition) is 8. The Morgan fingerprint density at radius 3 is 2.69 bits per heavy atom. The summed E-state index contributed by atoms with van der Waals surface area (Å²) in [5.41, 5.74) is 4.24. The molecule has 0 saturated carbocycles. The normalized spacial score (nSPS) is 22.2. The summed E-state index contributed by atoms with van der Waals surface area (Å²) < 4.78 is 71.1. The number of carbonyl (C=O) groups is 1. The summed E-state index contributed by atoms with van der Waals surface area (Å²) in [6.45, 7) is 1.22. The first-order valence-electron chi connectivity index (χ1n) is 9.89. The second-order valence-corrected chi connectivity index (χ2v) is 10.1. The molecule has 2 unspecified atom stereocenters. The number of halogens is 4. The van der Waals surface area contributed by atoms with E-state index >= 15 is 0 Å². The lowest BCUT2D eigenvalue weighted by Gasteiger charge is -2.38. The number of aromatic nitrogens is 2. The van der Waals surface area contributed by atoms with Crippen LogP contribution in [0.4, 0.5) is 23.4 Å². The van der Waals surface area contributed by atoms with Crippen LogP contribution in [-0.2, 0) is 15.5 Å². The number of guanidine groups is 1. The number of nitrogens with two attached hydrogens (primary N) is 1. The van der Waals surface area contributed by atoms with E-state index in [1.165, 1.54) is 19.2 Å². The van der Waals surface area contributed by atoms with E-state index in [1.54, 1.807) is 6.92 Å². The van der Waals surface area contributed by atoms with Gasteiger partial charge in [-0.15, -0.1) is 0 Å². The number of nitrogens with zero attached hydrogens (tertiary/aromatic N) is 6. The van der Waals surface area contributed by atoms with Crippen molar-refractivity contribution in [3.8, 4) is 6.07 Å². The van der Waals surface area contributed by atoms with Crippen LogP contribution in [0.5, 0.6) is 0 Å². The Morgan fingerprint density at radius 1 is 1.43 bits per heavy atom. The first-order valence-corrected chi connectivity index (χ1v) is 11.5. The second-order valence-electron chi connectivity index (χ2n) is 7.81. The number of nitrogens with one attached hydrogen (secondary N) is 1. The van der Waals surface area contributed by atoms with Crippen LogP contribution in [0, 0.1) is 24.1 Å². The molecule has 3 rings (SSSR count). The summed E-state index contributed by atoms with van der Waals surface area (Å²) in [4.78, 5) is 24.7. The molecule has 35 heavy (non-hydrogen) atoms. The third-order valence-corrected chi connectivity index (χ3v) is 7.57. The van der Waals surface area contributed by atoms with E-state index in [2.05, 4.69) is 24.6 Å². The highest BCUT2D eigenvalue weighted by Crippen LogP contribution is 2.35. The molecule has 0 spiro atoms. The van der Waals surface area contributed by atoms with E-state index in [4.69, 9.17) is 11.0 Å². The molecule has 2 atom stereocenters. The predicted molar refractivity (Wildman–Crippen MR) is 119 cm³/mol. The number of carbonyl (C=O) groups excluding carboxylic acids is 1. The lowest BCUT2D eigenvalue weighted by atomic mass is 10.00. The lowest BCUT2D eigenvalue weighted by Crippen LogP contribution is -2.55. The fourth-order valence-corrected chi connectivity index (χ4v) is 5.60. The molecule has 0 radical (unpaired) electrons. The Morgan fingerprint density at radius 2 is 2.11 bits per heavy atom. The quantitative estimate of drug-likeness (QED) is 0.601. The third-order valence-electron chi connectivity index (χ3n) is 5.06. The van der Waals surface area contributed by atoms with Crippen molar-refractivity contribution < 1.29 is 26.6 Å². The summed E-state index contributed by atoms with van der Waals surface area (Å²) >= 11 is 0. The van der Waals surface area contributed by atoms with Crippen LogP contribution in [0.1, 0.15) is 34.2 Å². The molecule has 2 aromatic heterocycles. The molecular formula is C20H20F4N8O2S. The first-order chi connectivity index (χ1) is 16.2. The van der Waals surface area contributed by atoms with Gasteiger partial charge in [0.2, 0.25) is 5.96 Å². The standard InChI is InChI=1S/C20H20F4N8O2S/c1-11-6-12(7-25)8-28-15(11)17(33)30-14-5-4-13(21)16(29-14)19(2)10-35(34,27-3)32(18(26)31-19)9-20(22,23)24/h4-6,8H,9-10H2,1-3H3,(H2,26,31)(H,29,30,33). The van der Waals surface area contributed by atoms with E-state index in [0.29, 0.717) is 9.87 Å². The molecule has 0 saturated heterocycles. The van der Waals surface area contributed by atoms with Gasteiger partial charge >= 0.3 is 6.18 Å². The van der Waals surface area contributed by atoms with Crippen molar-refractivity contribution in [3.05, 3.63) is 52.7 Å². The smallest absolute Gasteiger partial charge is 0.369 e. The highest BCUT2D eigenvalue weighted by molar-refractivity contribution is 7.92. The molecule has 3 N–H and O–H groups in total. The van der Waals surface area contributed by atoms with Crippen LogP contribution in [0.15, 0.2) is 33.8 Å². The van der Waals surface area contributed by atoms with Crippen molar-refractivity contribution in [1.82, 2.24) is 14.3 Å². The van der Waals surface area contributed by atoms with Gasteiger partial charge in [0.05, 0.1) is 11.3 Å². The molecule has 1 aliphatic rings. The van der Waals surface area contributed by atoms with Crippen molar-refractivity contribution in [2.24, 2.45) is 15.1 Å². The van der Waals surface area contributed by atoms with Crippen molar-refractivity contribution >= 4 is 27.6 Å². The van der Waals surface area contributed by atoms with Crippen LogP contribution >= 0.6 is 0 Å². The number of alkyl halides is 3. The van der Waals surface area contributed by atoms with Gasteiger partial charge in [-0.3, -0.25) is 4.79 Å². The molecule has 0 fully saturated rings. The predicted octanol–water partition coefficient (Wildman–Crippen LogP) is 2.47. The molecular weight excluding hydrogens is 492 g/mol. The average molecular weight is 512 g/mol. The number of aliphatic imine (C=N–C) groups is 1. The largest absolute Gasteiger partial charge is 0.407 e. The SMILES string of the molecule is CN=S1(=O)CC(C)(c2nc(NC(=O)c3ncc(C#N)cc3C)ccc2F)N=C(N)N1CC(F)(F)F. The first kappa shape index (κ1) is 25.8. The molecule has 3 heterocycles. The molecule has 0 aliphatic carbocycles. The Balaban J connectivity index is 2.00. The fourth-order valence-electron chi connectivity index (χ4n) is 3.50. The van der Waals surface area contributed by atoms with Gasteiger partial charge in [0.25, 0.3) is 5.91 Å². The monoisotopic (exact) mass is 512 g/mol. The van der Waals surface area contributed by atoms with E-state index in [9.17, 15) is 26.6 Å². The topological polar surface area (TPSA) is 150 Å². The van der Waals surface area contributed by atoms with E-state index in [1.807, 2.05) is 6.07 Å². The summed E-state index contributed by atoms with van der Waals surface area (Å²) in [5, 5.41) is 11.4. The van der Waals surface area contributed by atoms with Gasteiger partial charge in [-0.05, 0) is 37.6 Å². The van der Waals surface area contributed by atoms with Crippen LogP contribution < -0.4 is 11.1 Å². The highest BCUT2D eigenvalue weighted by atomic mass is 32.2. The minimum atomic E-state index is -4.74. The van der Waals surface area contributed by atoms with Crippen molar-refractivity contribution in [2.75, 3.05) is 24.7 Å². The van der Waals surface area contributed by atoms with Crippen molar-refractivity contribution in [1.29, 1.82) is 5.26 Å². The molecule has 15 heteroatoms. The van der Waals surface area contributed by atoms with Gasteiger partial charge in [-0.25, -0.2) is 32.2 Å². The van der Waals surface area contributed by atoms with Gasteiger partial charge in [-0.1, -0.05) is 0 Å². The van der Waals surface area contributed by atoms with Crippen LogP contribution in [0.3, 0.4) is 0 Å². The Hall–Kier alpha value is -3.80. The maximum absolute atomic E-state index is 14.8. The Labute approximate surface area is 198 Å². The number of rotatable bonds is 4. The van der Waals surface area contributed by atoms with E-state index in [0.717, 1.165) is 19.2 Å². The van der Waals surface area contributed by atoms with E-state index in [-0.39, 0.29) is 17.1 Å². The summed E-state index contributed by atoms with van der Waals surface area (Å²) in [6.07, 6.45) is -3.53. The molecule has 0 aromatic carbocycles. The van der Waals surface area contributed by atoms with Gasteiger partial charge in [-0.2, -0.15) is 18.4 Å². The maximum atomic E-state index is 14.8. The minimum Gasteiger partial charge on any atom is -0.369 e. The van der Waals surface area contributed by atoms with Crippen LogP contribution in [0.25, 0.3) is 0 Å². The zero-order valence-corrected chi connectivity index (χ0v) is 19.5. The highest BCUT2D eigenvalue weighted by Gasteiger charge is 2.46. The molecule has 1 aliphatic heterocycles. The van der Waals surface area contributed by atoms with E-state index < -0.39 is 57.3 Å². The number of pyridine rings is 2. The van der Waals surface area contributed by atoms with Gasteiger partial charge in [0.1, 0.15) is 51.1 Å².